The lowest BCUT2D eigenvalue weighted by molar-refractivity contribution is 0.0992. The van der Waals surface area contributed by atoms with E-state index in [1.165, 1.54) is 40.8 Å². The van der Waals surface area contributed by atoms with Gasteiger partial charge in [0.1, 0.15) is 17.2 Å². The monoisotopic (exact) mass is 436 g/mol. The van der Waals surface area contributed by atoms with Crippen molar-refractivity contribution in [2.75, 3.05) is 11.6 Å². The Morgan fingerprint density at radius 3 is 2.32 bits per heavy atom. The highest BCUT2D eigenvalue weighted by atomic mass is 32.2. The van der Waals surface area contributed by atoms with Crippen LogP contribution in [0.4, 0.5) is 10.1 Å². The summed E-state index contributed by atoms with van der Waals surface area (Å²) in [5.41, 5.74) is 7.60. The first-order valence-corrected chi connectivity index (χ1v) is 10.3. The fraction of sp³-hybridized carbons (Fsp3) is 0.0476. The van der Waals surface area contributed by atoms with E-state index in [2.05, 4.69) is 15.4 Å². The molecule has 2 heterocycles. The molecular formula is C21H17FN6O2S. The Balaban J connectivity index is 1.56. The highest BCUT2D eigenvalue weighted by Crippen LogP contribution is 2.23. The zero-order valence-corrected chi connectivity index (χ0v) is 17.1. The number of hydrogen-bond donors (Lipinski definition) is 2. The van der Waals surface area contributed by atoms with Crippen molar-refractivity contribution in [3.8, 4) is 11.4 Å². The van der Waals surface area contributed by atoms with Gasteiger partial charge in [-0.15, -0.1) is 0 Å². The highest BCUT2D eigenvalue weighted by Gasteiger charge is 2.18. The van der Waals surface area contributed by atoms with Gasteiger partial charge in [0, 0.05) is 17.6 Å². The van der Waals surface area contributed by atoms with E-state index < -0.39 is 5.91 Å². The van der Waals surface area contributed by atoms with Crippen LogP contribution in [0.2, 0.25) is 0 Å². The summed E-state index contributed by atoms with van der Waals surface area (Å²) >= 11 is 1.38. The smallest absolute Gasteiger partial charge is 0.274 e. The molecule has 0 fully saturated rings. The van der Waals surface area contributed by atoms with Gasteiger partial charge in [0.05, 0.1) is 11.9 Å². The quantitative estimate of drug-likeness (QED) is 0.451. The topological polar surface area (TPSA) is 108 Å². The Morgan fingerprint density at radius 1 is 1.03 bits per heavy atom. The Hall–Kier alpha value is -3.92. The van der Waals surface area contributed by atoms with Crippen LogP contribution >= 0.6 is 11.8 Å². The second-order valence-electron chi connectivity index (χ2n) is 6.45. The predicted molar refractivity (Wildman–Crippen MR) is 115 cm³/mol. The standard InChI is InChI=1S/C21H17FN6O2S/c1-31-21-24-12-18(28(21)16-6-2-13(22)3-7-16)20(30)25-14-4-8-15(9-5-14)27-11-10-17(26-27)19(23)29/h2-12H,1H3,(H2,23,29)(H,25,30). The maximum Gasteiger partial charge on any atom is 0.274 e. The van der Waals surface area contributed by atoms with E-state index in [0.29, 0.717) is 27.9 Å². The molecule has 31 heavy (non-hydrogen) atoms. The number of benzene rings is 2. The minimum atomic E-state index is -0.606. The first kappa shape index (κ1) is 20.4. The second kappa shape index (κ2) is 8.44. The Morgan fingerprint density at radius 2 is 1.71 bits per heavy atom. The van der Waals surface area contributed by atoms with Gasteiger partial charge in [-0.25, -0.2) is 14.1 Å². The molecule has 156 valence electrons. The zero-order valence-electron chi connectivity index (χ0n) is 16.3. The summed E-state index contributed by atoms with van der Waals surface area (Å²) in [5.74, 6) is -1.33. The lowest BCUT2D eigenvalue weighted by Gasteiger charge is -2.11. The maximum atomic E-state index is 13.3. The van der Waals surface area contributed by atoms with Crippen molar-refractivity contribution in [1.29, 1.82) is 0 Å². The summed E-state index contributed by atoms with van der Waals surface area (Å²) in [6, 6.07) is 14.3. The molecule has 4 rings (SSSR count). The van der Waals surface area contributed by atoms with Crippen LogP contribution in [0, 0.1) is 5.82 Å². The van der Waals surface area contributed by atoms with Gasteiger partial charge in [-0.3, -0.25) is 14.2 Å². The first-order valence-electron chi connectivity index (χ1n) is 9.11. The molecule has 3 N–H and O–H groups in total. The summed E-state index contributed by atoms with van der Waals surface area (Å²) in [7, 11) is 0. The molecule has 2 amide bonds. The SMILES string of the molecule is CSc1ncc(C(=O)Nc2ccc(-n3ccc(C(N)=O)n3)cc2)n1-c1ccc(F)cc1. The molecule has 0 saturated heterocycles. The second-order valence-corrected chi connectivity index (χ2v) is 7.23. The van der Waals surface area contributed by atoms with E-state index in [1.54, 1.807) is 47.2 Å². The molecule has 2 aromatic heterocycles. The summed E-state index contributed by atoms with van der Waals surface area (Å²) in [4.78, 5) is 28.4. The lowest BCUT2D eigenvalue weighted by atomic mass is 10.2. The molecule has 2 aromatic carbocycles. The van der Waals surface area contributed by atoms with Crippen molar-refractivity contribution < 1.29 is 14.0 Å². The maximum absolute atomic E-state index is 13.3. The van der Waals surface area contributed by atoms with E-state index >= 15 is 0 Å². The highest BCUT2D eigenvalue weighted by molar-refractivity contribution is 7.98. The van der Waals surface area contributed by atoms with E-state index in [0.717, 1.165) is 0 Å². The molecule has 0 aliphatic carbocycles. The zero-order chi connectivity index (χ0) is 22.0. The number of nitrogens with one attached hydrogen (secondary N) is 1. The van der Waals surface area contributed by atoms with Gasteiger partial charge in [0.2, 0.25) is 0 Å². The fourth-order valence-corrected chi connectivity index (χ4v) is 3.51. The summed E-state index contributed by atoms with van der Waals surface area (Å²) in [6.07, 6.45) is 4.95. The summed E-state index contributed by atoms with van der Waals surface area (Å²) in [6.45, 7) is 0. The normalized spacial score (nSPS) is 10.8. The first-order chi connectivity index (χ1) is 15.0. The van der Waals surface area contributed by atoms with Gasteiger partial charge >= 0.3 is 0 Å². The van der Waals surface area contributed by atoms with E-state index in [4.69, 9.17) is 5.73 Å². The van der Waals surface area contributed by atoms with Crippen LogP contribution in [0.15, 0.2) is 72.1 Å². The van der Waals surface area contributed by atoms with Crippen LogP contribution in [0.3, 0.4) is 0 Å². The van der Waals surface area contributed by atoms with Gasteiger partial charge in [-0.2, -0.15) is 5.10 Å². The number of aromatic nitrogens is 4. The number of carbonyl (C=O) groups excluding carboxylic acids is 2. The van der Waals surface area contributed by atoms with Crippen molar-refractivity contribution in [3.05, 3.63) is 84.2 Å². The minimum absolute atomic E-state index is 0.163. The van der Waals surface area contributed by atoms with Gasteiger partial charge in [0.25, 0.3) is 11.8 Å². The number of carbonyl (C=O) groups is 2. The van der Waals surface area contributed by atoms with Crippen molar-refractivity contribution in [2.45, 2.75) is 5.16 Å². The largest absolute Gasteiger partial charge is 0.364 e. The lowest BCUT2D eigenvalue weighted by Crippen LogP contribution is -2.16. The molecule has 0 atom stereocenters. The molecule has 0 aliphatic heterocycles. The number of hydrogen-bond acceptors (Lipinski definition) is 5. The fourth-order valence-electron chi connectivity index (χ4n) is 2.97. The third kappa shape index (κ3) is 4.19. The van der Waals surface area contributed by atoms with Crippen LogP contribution in [-0.4, -0.2) is 37.4 Å². The van der Waals surface area contributed by atoms with Gasteiger partial charge < -0.3 is 11.1 Å². The Kier molecular flexibility index (Phi) is 5.54. The van der Waals surface area contributed by atoms with Crippen molar-refractivity contribution >= 4 is 29.3 Å². The predicted octanol–water partition coefficient (Wildman–Crippen LogP) is 3.27. The Bertz CT molecular complexity index is 1250. The van der Waals surface area contributed by atoms with Gasteiger partial charge in [-0.1, -0.05) is 11.8 Å². The van der Waals surface area contributed by atoms with Crippen LogP contribution in [0.1, 0.15) is 21.0 Å². The number of amides is 2. The Labute approximate surface area is 180 Å². The van der Waals surface area contributed by atoms with Crippen molar-refractivity contribution in [2.24, 2.45) is 5.73 Å². The van der Waals surface area contributed by atoms with Crippen molar-refractivity contribution in [3.63, 3.8) is 0 Å². The molecule has 0 radical (unpaired) electrons. The van der Waals surface area contributed by atoms with Crippen LogP contribution in [0.25, 0.3) is 11.4 Å². The number of rotatable bonds is 6. The van der Waals surface area contributed by atoms with Gasteiger partial charge in [0.15, 0.2) is 5.16 Å². The number of primary amides is 1. The molecule has 10 heteroatoms. The molecule has 0 spiro atoms. The molecular weight excluding hydrogens is 419 g/mol. The number of thioether (sulfide) groups is 1. The number of anilines is 1. The molecule has 0 bridgehead atoms. The number of nitrogens with two attached hydrogens (primary N) is 1. The minimum Gasteiger partial charge on any atom is -0.364 e. The molecule has 0 unspecified atom stereocenters. The van der Waals surface area contributed by atoms with Crippen LogP contribution < -0.4 is 11.1 Å². The van der Waals surface area contributed by atoms with Gasteiger partial charge in [-0.05, 0) is 60.9 Å². The van der Waals surface area contributed by atoms with E-state index in [1.807, 2.05) is 6.26 Å². The summed E-state index contributed by atoms with van der Waals surface area (Å²) < 4.78 is 16.5. The van der Waals surface area contributed by atoms with E-state index in [9.17, 15) is 14.0 Å². The average Bonchev–Trinajstić information content (AvgIpc) is 3.42. The molecule has 4 aromatic rings. The van der Waals surface area contributed by atoms with Crippen LogP contribution in [0.5, 0.6) is 0 Å². The number of nitrogens with zero attached hydrogens (tertiary/aromatic N) is 4. The molecule has 0 aliphatic rings. The molecule has 0 saturated carbocycles. The van der Waals surface area contributed by atoms with E-state index in [-0.39, 0.29) is 17.4 Å². The number of halogens is 1. The third-order valence-electron chi connectivity index (χ3n) is 4.46. The molecule has 8 nitrogen and oxygen atoms in total. The van der Waals surface area contributed by atoms with Crippen LogP contribution in [-0.2, 0) is 0 Å². The third-order valence-corrected chi connectivity index (χ3v) is 5.11. The van der Waals surface area contributed by atoms with Crippen molar-refractivity contribution in [1.82, 2.24) is 19.3 Å². The average molecular weight is 436 g/mol. The number of imidazole rings is 1. The summed E-state index contributed by atoms with van der Waals surface area (Å²) in [5, 5.41) is 7.54.